The Morgan fingerprint density at radius 1 is 1.12 bits per heavy atom. The minimum absolute atomic E-state index is 0.0442. The van der Waals surface area contributed by atoms with Gasteiger partial charge >= 0.3 is 0 Å². The van der Waals surface area contributed by atoms with Gasteiger partial charge in [-0.3, -0.25) is 14.4 Å². The minimum Gasteiger partial charge on any atom is -0.503 e. The van der Waals surface area contributed by atoms with Crippen molar-refractivity contribution in [2.24, 2.45) is 11.8 Å². The lowest BCUT2D eigenvalue weighted by Crippen LogP contribution is -2.69. The second-order valence-electron chi connectivity index (χ2n) is 9.79. The second-order valence-corrected chi connectivity index (χ2v) is 9.79. The Balaban J connectivity index is 1.42. The molecule has 7 nitrogen and oxygen atoms in total. The molecule has 0 aromatic heterocycles. The van der Waals surface area contributed by atoms with Gasteiger partial charge in [0.2, 0.25) is 11.7 Å². The lowest BCUT2D eigenvalue weighted by atomic mass is 9.72. The molecule has 6 rings (SSSR count). The van der Waals surface area contributed by atoms with Gasteiger partial charge in [0.05, 0.1) is 12.1 Å². The number of aliphatic hydroxyl groups excluding tert-OH is 1. The number of fused-ring (bicyclic) bond motifs is 3. The van der Waals surface area contributed by atoms with E-state index < -0.39 is 58.5 Å². The van der Waals surface area contributed by atoms with Crippen LogP contribution < -0.4 is 5.32 Å². The van der Waals surface area contributed by atoms with Crippen LogP contribution in [0.25, 0.3) is 0 Å². The zero-order chi connectivity index (χ0) is 24.5. The average molecular weight is 477 g/mol. The maximum Gasteiger partial charge on any atom is 0.274 e. The summed E-state index contributed by atoms with van der Waals surface area (Å²) in [6, 6.07) is -0.873. The minimum atomic E-state index is -1.38. The summed E-state index contributed by atoms with van der Waals surface area (Å²) < 4.78 is 41.6. The number of carbonyl (C=O) groups excluding carboxylic acids is 3. The quantitative estimate of drug-likeness (QED) is 0.654. The molecule has 1 aliphatic carbocycles. The smallest absolute Gasteiger partial charge is 0.274 e. The predicted molar refractivity (Wildman–Crippen MR) is 114 cm³/mol. The molecular weight excluding hydrogens is 451 g/mol. The first kappa shape index (κ1) is 22.7. The van der Waals surface area contributed by atoms with Gasteiger partial charge in [-0.2, -0.15) is 0 Å². The van der Waals surface area contributed by atoms with Crippen LogP contribution in [0.15, 0.2) is 23.6 Å². The van der Waals surface area contributed by atoms with Gasteiger partial charge in [0.25, 0.3) is 5.91 Å². The molecule has 4 heterocycles. The highest BCUT2D eigenvalue weighted by Crippen LogP contribution is 2.45. The Bertz CT molecular complexity index is 1090. The molecule has 34 heavy (non-hydrogen) atoms. The molecule has 5 aliphatic rings. The number of rotatable bonds is 3. The monoisotopic (exact) mass is 477 g/mol. The average Bonchev–Trinajstić information content (AvgIpc) is 2.77. The maximum absolute atomic E-state index is 14.2. The van der Waals surface area contributed by atoms with Crippen molar-refractivity contribution < 1.29 is 32.7 Å². The molecular formula is C24H26F3N3O4. The highest BCUT2D eigenvalue weighted by Gasteiger charge is 2.55. The van der Waals surface area contributed by atoms with Crippen LogP contribution in [0.2, 0.25) is 0 Å². The lowest BCUT2D eigenvalue weighted by molar-refractivity contribution is -0.155. The molecule has 3 saturated heterocycles. The molecule has 2 N–H and O–H groups in total. The zero-order valence-electron chi connectivity index (χ0n) is 18.9. The summed E-state index contributed by atoms with van der Waals surface area (Å²) in [5.41, 5.74) is -0.609. The number of hydrogen-bond acceptors (Lipinski definition) is 5. The number of benzene rings is 1. The Hall–Kier alpha value is -3.04. The van der Waals surface area contributed by atoms with Crippen LogP contribution >= 0.6 is 0 Å². The molecule has 4 fully saturated rings. The van der Waals surface area contributed by atoms with E-state index in [1.807, 2.05) is 4.90 Å². The summed E-state index contributed by atoms with van der Waals surface area (Å²) in [5.74, 6) is -7.33. The Labute approximate surface area is 194 Å². The SMILES string of the molecule is CC1C(C(=O)N[C@H](C)c2c(F)cc(F)cc2F)C(=O)C(O)=C2C(=O)N3C4CCC(CC4)C3CN21. The number of aliphatic hydroxyl groups is 1. The number of halogens is 3. The van der Waals surface area contributed by atoms with Gasteiger partial charge in [0.1, 0.15) is 29.1 Å². The fourth-order valence-corrected chi connectivity index (χ4v) is 6.30. The molecule has 10 heteroatoms. The molecule has 4 aliphatic heterocycles. The van der Waals surface area contributed by atoms with Crippen LogP contribution in [0, 0.1) is 29.3 Å². The van der Waals surface area contributed by atoms with Gasteiger partial charge in [-0.15, -0.1) is 0 Å². The number of carbonyl (C=O) groups is 3. The van der Waals surface area contributed by atoms with Crippen molar-refractivity contribution in [3.8, 4) is 0 Å². The molecule has 3 unspecified atom stereocenters. The Morgan fingerprint density at radius 2 is 1.74 bits per heavy atom. The molecule has 1 aromatic rings. The van der Waals surface area contributed by atoms with E-state index in [0.717, 1.165) is 25.7 Å². The first-order chi connectivity index (χ1) is 16.1. The number of nitrogens with one attached hydrogen (secondary N) is 1. The number of nitrogens with zero attached hydrogens (tertiary/aromatic N) is 2. The number of amides is 2. The highest BCUT2D eigenvalue weighted by molar-refractivity contribution is 6.14. The number of hydrogen-bond donors (Lipinski definition) is 2. The third-order valence-corrected chi connectivity index (χ3v) is 7.98. The maximum atomic E-state index is 14.2. The summed E-state index contributed by atoms with van der Waals surface area (Å²) in [4.78, 5) is 42.9. The fraction of sp³-hybridized carbons (Fsp3) is 0.542. The summed E-state index contributed by atoms with van der Waals surface area (Å²) in [6.45, 7) is 3.35. The molecule has 2 amide bonds. The predicted octanol–water partition coefficient (Wildman–Crippen LogP) is 2.72. The van der Waals surface area contributed by atoms with Crippen molar-refractivity contribution in [3.05, 3.63) is 46.6 Å². The summed E-state index contributed by atoms with van der Waals surface area (Å²) in [6.07, 6.45) is 3.84. The van der Waals surface area contributed by atoms with Gasteiger partial charge in [-0.25, -0.2) is 13.2 Å². The van der Waals surface area contributed by atoms with Crippen LogP contribution in [0.3, 0.4) is 0 Å². The summed E-state index contributed by atoms with van der Waals surface area (Å²) in [7, 11) is 0. The number of allylic oxidation sites excluding steroid dienone is 1. The van der Waals surface area contributed by atoms with E-state index in [2.05, 4.69) is 5.32 Å². The van der Waals surface area contributed by atoms with Crippen LogP contribution in [-0.4, -0.2) is 57.2 Å². The van der Waals surface area contributed by atoms with E-state index in [4.69, 9.17) is 0 Å². The van der Waals surface area contributed by atoms with Crippen molar-refractivity contribution in [2.45, 2.75) is 63.7 Å². The largest absolute Gasteiger partial charge is 0.503 e. The Kier molecular flexibility index (Phi) is 5.37. The van der Waals surface area contributed by atoms with E-state index in [0.29, 0.717) is 24.6 Å². The summed E-state index contributed by atoms with van der Waals surface area (Å²) >= 11 is 0. The molecule has 182 valence electrons. The third kappa shape index (κ3) is 3.29. The normalized spacial score (nSPS) is 31.4. The van der Waals surface area contributed by atoms with Crippen LogP contribution in [0.5, 0.6) is 0 Å². The zero-order valence-corrected chi connectivity index (χ0v) is 18.9. The van der Waals surface area contributed by atoms with Crippen LogP contribution in [0.1, 0.15) is 51.1 Å². The number of piperidine rings is 2. The first-order valence-corrected chi connectivity index (χ1v) is 11.6. The lowest BCUT2D eigenvalue weighted by Gasteiger charge is -2.58. The number of piperazine rings is 1. The molecule has 4 atom stereocenters. The van der Waals surface area contributed by atoms with Crippen molar-refractivity contribution in [1.82, 2.24) is 15.1 Å². The molecule has 0 radical (unpaired) electrons. The third-order valence-electron chi connectivity index (χ3n) is 7.98. The van der Waals surface area contributed by atoms with Gasteiger partial charge in [-0.05, 0) is 45.4 Å². The van der Waals surface area contributed by atoms with Crippen molar-refractivity contribution in [1.29, 1.82) is 0 Å². The fourth-order valence-electron chi connectivity index (χ4n) is 6.30. The highest BCUT2D eigenvalue weighted by atomic mass is 19.1. The molecule has 0 spiro atoms. The molecule has 1 saturated carbocycles. The van der Waals surface area contributed by atoms with Crippen molar-refractivity contribution >= 4 is 17.6 Å². The van der Waals surface area contributed by atoms with Crippen molar-refractivity contribution in [3.63, 3.8) is 0 Å². The van der Waals surface area contributed by atoms with Gasteiger partial charge < -0.3 is 20.2 Å². The van der Waals surface area contributed by atoms with Crippen molar-refractivity contribution in [2.75, 3.05) is 6.54 Å². The van der Waals surface area contributed by atoms with Crippen LogP contribution in [-0.2, 0) is 14.4 Å². The molecule has 1 aromatic carbocycles. The summed E-state index contributed by atoms with van der Waals surface area (Å²) in [5, 5.41) is 13.1. The second kappa shape index (κ2) is 8.02. The Morgan fingerprint density at radius 3 is 2.35 bits per heavy atom. The van der Waals surface area contributed by atoms with E-state index in [-0.39, 0.29) is 23.7 Å². The number of Topliss-reactive ketones (excluding diaryl/α,β-unsaturated/α-hetero) is 1. The van der Waals surface area contributed by atoms with Gasteiger partial charge in [0.15, 0.2) is 5.76 Å². The molecule has 2 bridgehead atoms. The van der Waals surface area contributed by atoms with E-state index in [9.17, 15) is 32.7 Å². The standard InChI is InChI=1S/C24H26F3N3O4/c1-10(18-15(26)7-13(25)8-16(18)27)28-23(33)19-11(2)29-9-17-12-3-5-14(6-4-12)30(17)24(34)20(29)22(32)21(19)31/h7-8,10-12,14,17,19,32H,3-6,9H2,1-2H3,(H,28,33)/t10-,11?,12?,14?,17?,19?/m1/s1. The van der Waals surface area contributed by atoms with E-state index in [1.54, 1.807) is 11.8 Å². The van der Waals surface area contributed by atoms with E-state index >= 15 is 0 Å². The van der Waals surface area contributed by atoms with Gasteiger partial charge in [0, 0.05) is 36.3 Å². The number of ketones is 1. The van der Waals surface area contributed by atoms with Gasteiger partial charge in [-0.1, -0.05) is 0 Å². The van der Waals surface area contributed by atoms with Crippen LogP contribution in [0.4, 0.5) is 13.2 Å². The van der Waals surface area contributed by atoms with E-state index in [1.165, 1.54) is 6.92 Å². The first-order valence-electron chi connectivity index (χ1n) is 11.6. The topological polar surface area (TPSA) is 89.9 Å².